The third-order valence-electron chi connectivity index (χ3n) is 4.87. The third kappa shape index (κ3) is 6.31. The van der Waals surface area contributed by atoms with E-state index in [2.05, 4.69) is 15.5 Å². The minimum Gasteiger partial charge on any atom is -0.379 e. The average molecular weight is 525 g/mol. The van der Waals surface area contributed by atoms with Crippen LogP contribution in [0.1, 0.15) is 15.9 Å². The molecule has 0 saturated carbocycles. The number of ether oxygens (including phenoxy) is 1. The highest BCUT2D eigenvalue weighted by Crippen LogP contribution is 2.28. The summed E-state index contributed by atoms with van der Waals surface area (Å²) >= 11 is 8.83. The SMILES string of the molecule is O=C(CNc1nnc(SCc2ccc(Cl)cc2)s1)c1ccc(S(=O)(=O)N2CCOCC2)cc1. The molecule has 0 aliphatic carbocycles. The fraction of sp³-hybridized carbons (Fsp3) is 0.286. The van der Waals surface area contributed by atoms with E-state index in [1.165, 1.54) is 39.9 Å². The van der Waals surface area contributed by atoms with E-state index in [0.717, 1.165) is 15.7 Å². The van der Waals surface area contributed by atoms with Gasteiger partial charge in [0, 0.05) is 29.4 Å². The van der Waals surface area contributed by atoms with Gasteiger partial charge in [0.1, 0.15) is 0 Å². The van der Waals surface area contributed by atoms with Crippen LogP contribution in [0.2, 0.25) is 5.02 Å². The van der Waals surface area contributed by atoms with Crippen molar-refractivity contribution in [2.45, 2.75) is 15.0 Å². The predicted octanol–water partition coefficient (Wildman–Crippen LogP) is 3.80. The molecule has 1 fully saturated rings. The van der Waals surface area contributed by atoms with Gasteiger partial charge in [-0.25, -0.2) is 8.42 Å². The maximum absolute atomic E-state index is 12.7. The summed E-state index contributed by atoms with van der Waals surface area (Å²) in [6, 6.07) is 13.6. The number of thioether (sulfide) groups is 1. The number of aromatic nitrogens is 2. The van der Waals surface area contributed by atoms with Gasteiger partial charge in [-0.2, -0.15) is 4.31 Å². The Bertz CT molecular complexity index is 1200. The number of carbonyl (C=O) groups excluding carboxylic acids is 1. The van der Waals surface area contributed by atoms with Gasteiger partial charge >= 0.3 is 0 Å². The summed E-state index contributed by atoms with van der Waals surface area (Å²) in [6.07, 6.45) is 0. The molecule has 0 bridgehead atoms. The topological polar surface area (TPSA) is 101 Å². The van der Waals surface area contributed by atoms with Crippen LogP contribution in [0, 0.1) is 0 Å². The van der Waals surface area contributed by atoms with Crippen LogP contribution < -0.4 is 5.32 Å². The summed E-state index contributed by atoms with van der Waals surface area (Å²) in [5.74, 6) is 0.570. The molecular weight excluding hydrogens is 504 g/mol. The normalized spacial score (nSPS) is 14.8. The van der Waals surface area contributed by atoms with Crippen molar-refractivity contribution in [1.82, 2.24) is 14.5 Å². The van der Waals surface area contributed by atoms with E-state index >= 15 is 0 Å². The number of rotatable bonds is 9. The molecule has 2 heterocycles. The highest BCUT2D eigenvalue weighted by Gasteiger charge is 2.26. The highest BCUT2D eigenvalue weighted by atomic mass is 35.5. The van der Waals surface area contributed by atoms with Crippen LogP contribution in [0.25, 0.3) is 0 Å². The standard InChI is InChI=1S/C21H21ClN4O4S3/c22-17-5-1-15(2-6-17)14-31-21-25-24-20(32-21)23-13-19(27)16-3-7-18(8-4-16)33(28,29)26-9-11-30-12-10-26/h1-8H,9-14H2,(H,23,24). The number of sulfonamides is 1. The van der Waals surface area contributed by atoms with Gasteiger partial charge in [0.15, 0.2) is 10.1 Å². The Labute approximate surface area is 205 Å². The van der Waals surface area contributed by atoms with Gasteiger partial charge in [-0.05, 0) is 42.0 Å². The lowest BCUT2D eigenvalue weighted by Gasteiger charge is -2.26. The fourth-order valence-electron chi connectivity index (χ4n) is 3.07. The van der Waals surface area contributed by atoms with Gasteiger partial charge in [0.2, 0.25) is 15.2 Å². The van der Waals surface area contributed by atoms with Gasteiger partial charge in [-0.3, -0.25) is 4.79 Å². The van der Waals surface area contributed by atoms with Crippen LogP contribution in [-0.2, 0) is 20.5 Å². The number of halogens is 1. The second-order valence-corrected chi connectivity index (χ2v) is 11.7. The quantitative estimate of drug-likeness (QED) is 0.333. The summed E-state index contributed by atoms with van der Waals surface area (Å²) in [5.41, 5.74) is 1.55. The summed E-state index contributed by atoms with van der Waals surface area (Å²) < 4.78 is 32.8. The first kappa shape index (κ1) is 24.1. The first-order valence-corrected chi connectivity index (χ1v) is 13.7. The van der Waals surface area contributed by atoms with Gasteiger partial charge < -0.3 is 10.1 Å². The molecule has 1 saturated heterocycles. The van der Waals surface area contributed by atoms with Crippen LogP contribution >= 0.6 is 34.7 Å². The van der Waals surface area contributed by atoms with Crippen molar-refractivity contribution in [3.05, 3.63) is 64.7 Å². The molecule has 0 amide bonds. The van der Waals surface area contributed by atoms with Crippen molar-refractivity contribution in [3.63, 3.8) is 0 Å². The van der Waals surface area contributed by atoms with Crippen molar-refractivity contribution in [3.8, 4) is 0 Å². The van der Waals surface area contributed by atoms with E-state index in [0.29, 0.717) is 42.0 Å². The van der Waals surface area contributed by atoms with E-state index < -0.39 is 10.0 Å². The minimum absolute atomic E-state index is 0.0338. The third-order valence-corrected chi connectivity index (χ3v) is 9.12. The summed E-state index contributed by atoms with van der Waals surface area (Å²) in [7, 11) is -3.58. The second kappa shape index (κ2) is 10.9. The number of benzene rings is 2. The maximum Gasteiger partial charge on any atom is 0.243 e. The number of Topliss-reactive ketones (excluding diaryl/α,β-unsaturated/α-hetero) is 1. The molecule has 174 valence electrons. The number of hydrogen-bond acceptors (Lipinski definition) is 9. The molecule has 8 nitrogen and oxygen atoms in total. The van der Waals surface area contributed by atoms with E-state index in [-0.39, 0.29) is 17.2 Å². The van der Waals surface area contributed by atoms with Gasteiger partial charge in [-0.15, -0.1) is 10.2 Å². The summed E-state index contributed by atoms with van der Waals surface area (Å²) in [4.78, 5) is 12.7. The molecule has 0 radical (unpaired) electrons. The monoisotopic (exact) mass is 524 g/mol. The lowest BCUT2D eigenvalue weighted by Crippen LogP contribution is -2.40. The van der Waals surface area contributed by atoms with E-state index in [9.17, 15) is 13.2 Å². The maximum atomic E-state index is 12.7. The first-order valence-electron chi connectivity index (χ1n) is 10.1. The fourth-order valence-corrected chi connectivity index (χ4v) is 6.31. The van der Waals surface area contributed by atoms with Gasteiger partial charge in [-0.1, -0.05) is 46.8 Å². The number of anilines is 1. The number of nitrogens with one attached hydrogen (secondary N) is 1. The molecule has 2 aromatic carbocycles. The van der Waals surface area contributed by atoms with Crippen LogP contribution in [0.15, 0.2) is 57.8 Å². The van der Waals surface area contributed by atoms with Gasteiger partial charge in [0.25, 0.3) is 0 Å². The number of nitrogens with zero attached hydrogens (tertiary/aromatic N) is 3. The lowest BCUT2D eigenvalue weighted by atomic mass is 10.1. The van der Waals surface area contributed by atoms with Crippen LogP contribution in [-0.4, -0.2) is 61.6 Å². The van der Waals surface area contributed by atoms with Crippen LogP contribution in [0.4, 0.5) is 5.13 Å². The van der Waals surface area contributed by atoms with Crippen molar-refractivity contribution < 1.29 is 17.9 Å². The molecule has 3 aromatic rings. The largest absolute Gasteiger partial charge is 0.379 e. The van der Waals surface area contributed by atoms with E-state index in [4.69, 9.17) is 16.3 Å². The molecule has 33 heavy (non-hydrogen) atoms. The predicted molar refractivity (Wildman–Crippen MR) is 130 cm³/mol. The second-order valence-electron chi connectivity index (χ2n) is 7.11. The Hall–Kier alpha value is -2.02. The van der Waals surface area contributed by atoms with Crippen LogP contribution in [0.3, 0.4) is 0 Å². The molecule has 1 aromatic heterocycles. The zero-order valence-electron chi connectivity index (χ0n) is 17.4. The van der Waals surface area contributed by atoms with Crippen LogP contribution in [0.5, 0.6) is 0 Å². The molecule has 12 heteroatoms. The Morgan fingerprint density at radius 3 is 2.48 bits per heavy atom. The van der Waals surface area contributed by atoms with E-state index in [1.807, 2.05) is 24.3 Å². The number of hydrogen-bond donors (Lipinski definition) is 1. The highest BCUT2D eigenvalue weighted by molar-refractivity contribution is 8.00. The summed E-state index contributed by atoms with van der Waals surface area (Å²) in [5, 5.41) is 12.4. The Morgan fingerprint density at radius 2 is 1.79 bits per heavy atom. The van der Waals surface area contributed by atoms with Crippen molar-refractivity contribution in [2.24, 2.45) is 0 Å². The Balaban J connectivity index is 1.29. The zero-order chi connectivity index (χ0) is 23.3. The molecule has 1 aliphatic rings. The Kier molecular flexibility index (Phi) is 7.99. The molecule has 0 unspecified atom stereocenters. The van der Waals surface area contributed by atoms with Crippen molar-refractivity contribution in [1.29, 1.82) is 0 Å². The minimum atomic E-state index is -3.58. The van der Waals surface area contributed by atoms with E-state index in [1.54, 1.807) is 11.8 Å². The average Bonchev–Trinajstić information content (AvgIpc) is 3.31. The van der Waals surface area contributed by atoms with Crippen molar-refractivity contribution in [2.75, 3.05) is 38.2 Å². The molecule has 0 atom stereocenters. The number of ketones is 1. The lowest BCUT2D eigenvalue weighted by molar-refractivity contribution is 0.0730. The Morgan fingerprint density at radius 1 is 1.09 bits per heavy atom. The summed E-state index contributed by atoms with van der Waals surface area (Å²) in [6.45, 7) is 1.46. The molecular formula is C21H21ClN4O4S3. The number of carbonyl (C=O) groups is 1. The first-order chi connectivity index (χ1) is 15.9. The molecule has 1 aliphatic heterocycles. The smallest absolute Gasteiger partial charge is 0.243 e. The van der Waals surface area contributed by atoms with Crippen molar-refractivity contribution >= 4 is 55.6 Å². The molecule has 1 N–H and O–H groups in total. The van der Waals surface area contributed by atoms with Gasteiger partial charge in [0.05, 0.1) is 24.7 Å². The molecule has 4 rings (SSSR count). The molecule has 0 spiro atoms. The zero-order valence-corrected chi connectivity index (χ0v) is 20.6. The number of morpholine rings is 1.